The molecule has 3 aliphatic heterocycles. The van der Waals surface area contributed by atoms with E-state index < -0.39 is 0 Å². The Hall–Kier alpha value is -4.65. The summed E-state index contributed by atoms with van der Waals surface area (Å²) in [7, 11) is 0. The molecule has 7 heteroatoms. The van der Waals surface area contributed by atoms with Gasteiger partial charge in [-0.15, -0.1) is 0 Å². The number of hydrogen-bond donors (Lipinski definition) is 0. The van der Waals surface area contributed by atoms with Crippen molar-refractivity contribution >= 4 is 83.6 Å². The molecule has 276 valence electrons. The number of amides is 2. The van der Waals surface area contributed by atoms with Gasteiger partial charge in [-0.3, -0.25) is 19.3 Å². The number of rotatable bonds is 4. The maximum absolute atomic E-state index is 14.9. The topological polar surface area (TPSA) is 65.9 Å². The Morgan fingerprint density at radius 1 is 0.463 bits per heavy atom. The first-order valence-electron chi connectivity index (χ1n) is 21.2. The molecule has 2 aliphatic carbocycles. The zero-order valence-electron chi connectivity index (χ0n) is 31.5. The summed E-state index contributed by atoms with van der Waals surface area (Å²) in [4.78, 5) is 51.1. The third kappa shape index (κ3) is 4.56. The van der Waals surface area contributed by atoms with E-state index >= 15 is 0 Å². The fourth-order valence-corrected chi connectivity index (χ4v) is 11.7. The van der Waals surface area contributed by atoms with Gasteiger partial charge in [0.15, 0.2) is 0 Å². The summed E-state index contributed by atoms with van der Waals surface area (Å²) in [5.41, 5.74) is 3.64. The van der Waals surface area contributed by atoms with Crippen LogP contribution in [0.4, 0.5) is 11.4 Å². The Labute approximate surface area is 315 Å². The van der Waals surface area contributed by atoms with Crippen LogP contribution in [0.15, 0.2) is 41.2 Å². The fourth-order valence-electron chi connectivity index (χ4n) is 11.7. The molecule has 5 aliphatic rings. The van der Waals surface area contributed by atoms with Gasteiger partial charge in [0.05, 0.1) is 11.1 Å². The fraction of sp³-hybridized carbons (Fsp3) is 0.468. The second kappa shape index (κ2) is 12.4. The minimum Gasteiger partial charge on any atom is -0.371 e. The van der Waals surface area contributed by atoms with Gasteiger partial charge >= 0.3 is 0 Å². The average molecular weight is 719 g/mol. The van der Waals surface area contributed by atoms with Crippen LogP contribution in [-0.4, -0.2) is 53.5 Å². The third-order valence-corrected chi connectivity index (χ3v) is 14.3. The molecule has 1 aromatic heterocycles. The van der Waals surface area contributed by atoms with E-state index in [0.29, 0.717) is 11.1 Å². The van der Waals surface area contributed by atoms with Gasteiger partial charge in [0.25, 0.3) is 17.4 Å². The van der Waals surface area contributed by atoms with E-state index in [1.54, 1.807) is 4.90 Å². The Kier molecular flexibility index (Phi) is 7.54. The van der Waals surface area contributed by atoms with Crippen LogP contribution in [0.1, 0.15) is 129 Å². The molecule has 0 N–H and O–H groups in total. The van der Waals surface area contributed by atoms with Crippen molar-refractivity contribution in [3.8, 4) is 0 Å². The van der Waals surface area contributed by atoms with Crippen LogP contribution in [0.5, 0.6) is 0 Å². The van der Waals surface area contributed by atoms with Crippen molar-refractivity contribution in [2.75, 3.05) is 36.0 Å². The van der Waals surface area contributed by atoms with Gasteiger partial charge in [0.2, 0.25) is 0 Å². The van der Waals surface area contributed by atoms with Crippen LogP contribution in [-0.2, 0) is 0 Å². The minimum absolute atomic E-state index is 0.0539. The predicted molar refractivity (Wildman–Crippen MR) is 222 cm³/mol. The largest absolute Gasteiger partial charge is 0.371 e. The lowest BCUT2D eigenvalue weighted by atomic mass is 9.81. The Morgan fingerprint density at radius 2 is 0.907 bits per heavy atom. The number of pyridine rings is 1. The highest BCUT2D eigenvalue weighted by Gasteiger charge is 2.41. The first kappa shape index (κ1) is 32.8. The van der Waals surface area contributed by atoms with Crippen molar-refractivity contribution in [3.05, 3.63) is 63.2 Å². The molecule has 4 heterocycles. The summed E-state index contributed by atoms with van der Waals surface area (Å²) < 4.78 is 2.02. The summed E-state index contributed by atoms with van der Waals surface area (Å²) >= 11 is 0. The average Bonchev–Trinajstić information content (AvgIpc) is 3.22. The number of carbonyl (C=O) groups is 2. The lowest BCUT2D eigenvalue weighted by Crippen LogP contribution is -2.48. The van der Waals surface area contributed by atoms with Gasteiger partial charge < -0.3 is 14.4 Å². The second-order valence-electron chi connectivity index (χ2n) is 17.2. The number of nitrogens with zero attached hydrogens (tertiary/aromatic N) is 4. The molecule has 2 saturated carbocycles. The molecule has 0 atom stereocenters. The van der Waals surface area contributed by atoms with E-state index in [1.807, 2.05) is 4.57 Å². The first-order valence-corrected chi connectivity index (χ1v) is 21.2. The number of fused-ring (bicyclic) bond motifs is 2. The summed E-state index contributed by atoms with van der Waals surface area (Å²) in [6, 6.07) is 13.2. The summed E-state index contributed by atoms with van der Waals surface area (Å²) in [6.07, 6.45) is 17.5. The van der Waals surface area contributed by atoms with Crippen molar-refractivity contribution in [1.82, 2.24) is 9.47 Å². The van der Waals surface area contributed by atoms with Crippen LogP contribution >= 0.6 is 0 Å². The standard InChI is InChI=1S/C47H50N4O3/c1-28-31-18-19-32-40-33(20-21-34(39(31)40)45(52)50(28)29-14-6-2-7-15-29)43-38(49-24-12-5-13-25-49)27-36-41-35(46(53)51(47(36)54)30-16-8-3-9-17-30)26-37(42(32)44(41)43)48-22-10-4-11-23-48/h18-21,26-27,29-30H,1-17,22-25H2. The lowest BCUT2D eigenvalue weighted by Gasteiger charge is -2.39. The molecule has 5 aromatic carbocycles. The zero-order valence-corrected chi connectivity index (χ0v) is 31.5. The molecule has 0 spiro atoms. The zero-order chi connectivity index (χ0) is 36.2. The Bertz CT molecular complexity index is 2480. The van der Waals surface area contributed by atoms with Crippen LogP contribution < -0.4 is 20.7 Å². The van der Waals surface area contributed by atoms with Gasteiger partial charge in [0, 0.05) is 92.7 Å². The van der Waals surface area contributed by atoms with Crippen LogP contribution in [0.2, 0.25) is 0 Å². The molecule has 0 bridgehead atoms. The number of carbonyl (C=O) groups excluding carboxylic acids is 2. The third-order valence-electron chi connectivity index (χ3n) is 14.3. The van der Waals surface area contributed by atoms with Crippen molar-refractivity contribution in [2.24, 2.45) is 0 Å². The number of benzene rings is 5. The highest BCUT2D eigenvalue weighted by Crippen LogP contribution is 2.52. The molecule has 0 radical (unpaired) electrons. The Morgan fingerprint density at radius 3 is 1.44 bits per heavy atom. The molecular formula is C47H50N4O3. The quantitative estimate of drug-likeness (QED) is 0.103. The maximum atomic E-state index is 14.9. The van der Waals surface area contributed by atoms with Gasteiger partial charge in [-0.1, -0.05) is 63.3 Å². The number of anilines is 2. The normalized spacial score (nSPS) is 20.9. The van der Waals surface area contributed by atoms with E-state index in [1.165, 1.54) is 19.3 Å². The number of imide groups is 1. The highest BCUT2D eigenvalue weighted by atomic mass is 16.2. The SMILES string of the molecule is C=c1c2ccc3c4c(N5CCCCC5)cc5c6c(cc(N7CCCCC7)c(c7ccc(c(=O)n1C1CCCCC1)c2c37)c64)C(=O)N(C1CCCCC1)C5=O. The molecule has 6 aromatic rings. The molecular weight excluding hydrogens is 669 g/mol. The van der Waals surface area contributed by atoms with Crippen LogP contribution in [0.3, 0.4) is 0 Å². The van der Waals surface area contributed by atoms with Gasteiger partial charge in [-0.2, -0.15) is 0 Å². The summed E-state index contributed by atoms with van der Waals surface area (Å²) in [5, 5.41) is 11.1. The van der Waals surface area contributed by atoms with E-state index in [-0.39, 0.29) is 29.5 Å². The lowest BCUT2D eigenvalue weighted by molar-refractivity contribution is 0.0503. The summed E-state index contributed by atoms with van der Waals surface area (Å²) in [6.45, 7) is 8.37. The molecule has 7 nitrogen and oxygen atoms in total. The van der Waals surface area contributed by atoms with Gasteiger partial charge in [-0.25, -0.2) is 0 Å². The van der Waals surface area contributed by atoms with Crippen LogP contribution in [0.25, 0.3) is 60.4 Å². The maximum Gasteiger partial charge on any atom is 0.261 e. The number of aromatic nitrogens is 1. The smallest absolute Gasteiger partial charge is 0.261 e. The van der Waals surface area contributed by atoms with E-state index in [0.717, 1.165) is 180 Å². The van der Waals surface area contributed by atoms with Crippen molar-refractivity contribution in [2.45, 2.75) is 115 Å². The second-order valence-corrected chi connectivity index (χ2v) is 17.2. The molecule has 54 heavy (non-hydrogen) atoms. The molecule has 2 saturated heterocycles. The van der Waals surface area contributed by atoms with Gasteiger partial charge in [0.1, 0.15) is 0 Å². The van der Waals surface area contributed by atoms with Crippen molar-refractivity contribution in [3.63, 3.8) is 0 Å². The van der Waals surface area contributed by atoms with Gasteiger partial charge in [-0.05, 0) is 98.6 Å². The minimum atomic E-state index is -0.123. The Balaban J connectivity index is 1.30. The van der Waals surface area contributed by atoms with E-state index in [4.69, 9.17) is 0 Å². The molecule has 11 rings (SSSR count). The van der Waals surface area contributed by atoms with Crippen molar-refractivity contribution in [1.29, 1.82) is 0 Å². The molecule has 0 unspecified atom stereocenters. The van der Waals surface area contributed by atoms with E-state index in [2.05, 4.69) is 52.8 Å². The van der Waals surface area contributed by atoms with E-state index in [9.17, 15) is 14.4 Å². The first-order chi connectivity index (χ1) is 26.5. The number of piperidine rings is 2. The molecule has 4 fully saturated rings. The van der Waals surface area contributed by atoms with Crippen molar-refractivity contribution < 1.29 is 9.59 Å². The predicted octanol–water partition coefficient (Wildman–Crippen LogP) is 9.60. The highest BCUT2D eigenvalue weighted by molar-refractivity contribution is 6.44. The molecule has 2 amide bonds. The van der Waals surface area contributed by atoms with Crippen LogP contribution in [0, 0.1) is 0 Å². The monoisotopic (exact) mass is 718 g/mol. The summed E-state index contributed by atoms with van der Waals surface area (Å²) in [5.74, 6) is -0.247. The number of hydrogen-bond acceptors (Lipinski definition) is 5.